The predicted molar refractivity (Wildman–Crippen MR) is 152 cm³/mol. The Morgan fingerprint density at radius 3 is 2.23 bits per heavy atom. The SMILES string of the molecule is CC[C@H](C)[C@H](NC(=O)[C@@H]1CCCN1C(=O)CN)C(=O)N[C@@H](Cc1cnc[nH]1)C(=O)N[C@@H](CC(N)=O)C(=O)N[C@@H](CO)C(=O)O. The molecule has 0 radical (unpaired) electrons. The smallest absolute Gasteiger partial charge is 0.328 e. The number of nitrogens with two attached hydrogens (primary N) is 2. The van der Waals surface area contributed by atoms with Crippen LogP contribution in [0.3, 0.4) is 0 Å². The van der Waals surface area contributed by atoms with Crippen LogP contribution in [0.5, 0.6) is 0 Å². The number of rotatable bonds is 17. The van der Waals surface area contributed by atoms with Crippen LogP contribution in [-0.4, -0.2) is 116 Å². The molecule has 0 saturated carbocycles. The highest BCUT2D eigenvalue weighted by Gasteiger charge is 2.38. The van der Waals surface area contributed by atoms with E-state index in [-0.39, 0.29) is 13.0 Å². The molecule has 6 atom stereocenters. The molecule has 18 nitrogen and oxygen atoms in total. The number of carboxylic acids is 1. The molecule has 11 N–H and O–H groups in total. The number of H-pyrrole nitrogens is 1. The van der Waals surface area contributed by atoms with Crippen molar-refractivity contribution in [1.29, 1.82) is 0 Å². The largest absolute Gasteiger partial charge is 0.480 e. The maximum atomic E-state index is 13.6. The molecule has 0 unspecified atom stereocenters. The molecule has 6 amide bonds. The first-order valence-electron chi connectivity index (χ1n) is 14.1. The molecule has 1 aromatic rings. The molecule has 1 aliphatic rings. The van der Waals surface area contributed by atoms with E-state index in [4.69, 9.17) is 16.6 Å². The van der Waals surface area contributed by atoms with Crippen LogP contribution >= 0.6 is 0 Å². The van der Waals surface area contributed by atoms with Crippen molar-refractivity contribution in [1.82, 2.24) is 36.1 Å². The van der Waals surface area contributed by atoms with E-state index >= 15 is 0 Å². The molecule has 1 fully saturated rings. The van der Waals surface area contributed by atoms with Crippen molar-refractivity contribution in [2.24, 2.45) is 17.4 Å². The van der Waals surface area contributed by atoms with E-state index in [1.165, 1.54) is 17.4 Å². The number of aliphatic hydroxyl groups excluding tert-OH is 1. The third-order valence-corrected chi connectivity index (χ3v) is 7.29. The Balaban J connectivity index is 2.28. The summed E-state index contributed by atoms with van der Waals surface area (Å²) in [5.74, 6) is -6.68. The van der Waals surface area contributed by atoms with E-state index in [0.717, 1.165) is 0 Å². The molecule has 1 aliphatic heterocycles. The minimum absolute atomic E-state index is 0.153. The van der Waals surface area contributed by atoms with Crippen LogP contribution in [0.4, 0.5) is 0 Å². The third kappa shape index (κ3) is 10.0. The molecule has 0 spiro atoms. The molecular weight excluding hydrogens is 582 g/mol. The fraction of sp³-hybridized carbons (Fsp3) is 0.615. The molecule has 2 rings (SSSR count). The van der Waals surface area contributed by atoms with Gasteiger partial charge in [0.25, 0.3) is 0 Å². The lowest BCUT2D eigenvalue weighted by Crippen LogP contribution is -2.60. The Labute approximate surface area is 253 Å². The number of likely N-dealkylation sites (tertiary alicyclic amines) is 1. The van der Waals surface area contributed by atoms with Crippen LogP contribution < -0.4 is 32.7 Å². The number of carbonyl (C=O) groups is 7. The van der Waals surface area contributed by atoms with E-state index in [2.05, 4.69) is 25.9 Å². The summed E-state index contributed by atoms with van der Waals surface area (Å²) < 4.78 is 0. The number of hydrogen-bond donors (Lipinski definition) is 9. The van der Waals surface area contributed by atoms with Gasteiger partial charge in [-0.1, -0.05) is 20.3 Å². The van der Waals surface area contributed by atoms with Crippen molar-refractivity contribution in [3.8, 4) is 0 Å². The summed E-state index contributed by atoms with van der Waals surface area (Å²) in [6, 6.07) is -6.66. The summed E-state index contributed by atoms with van der Waals surface area (Å²) in [6.07, 6.45) is 3.30. The van der Waals surface area contributed by atoms with Gasteiger partial charge >= 0.3 is 5.97 Å². The van der Waals surface area contributed by atoms with Crippen molar-refractivity contribution >= 4 is 41.4 Å². The normalized spacial score (nSPS) is 17.8. The molecule has 1 saturated heterocycles. The van der Waals surface area contributed by atoms with E-state index < -0.39 is 90.6 Å². The number of aliphatic hydroxyl groups is 1. The molecule has 1 aromatic heterocycles. The summed E-state index contributed by atoms with van der Waals surface area (Å²) in [5.41, 5.74) is 11.1. The molecule has 2 heterocycles. The Kier molecular flexibility index (Phi) is 13.7. The summed E-state index contributed by atoms with van der Waals surface area (Å²) in [5, 5.41) is 28.0. The van der Waals surface area contributed by atoms with Crippen LogP contribution in [0.1, 0.15) is 45.2 Å². The van der Waals surface area contributed by atoms with Gasteiger partial charge in [0.1, 0.15) is 30.2 Å². The van der Waals surface area contributed by atoms with Crippen molar-refractivity contribution in [2.75, 3.05) is 19.7 Å². The first-order valence-corrected chi connectivity index (χ1v) is 14.1. The second kappa shape index (κ2) is 16.9. The second-order valence-electron chi connectivity index (χ2n) is 10.5. The first-order chi connectivity index (χ1) is 20.8. The van der Waals surface area contributed by atoms with Crippen LogP contribution in [0.25, 0.3) is 0 Å². The zero-order valence-corrected chi connectivity index (χ0v) is 24.6. The third-order valence-electron chi connectivity index (χ3n) is 7.29. The van der Waals surface area contributed by atoms with Crippen LogP contribution in [-0.2, 0) is 40.0 Å². The predicted octanol–water partition coefficient (Wildman–Crippen LogP) is -4.16. The van der Waals surface area contributed by atoms with E-state index in [0.29, 0.717) is 31.5 Å². The Morgan fingerprint density at radius 2 is 1.68 bits per heavy atom. The Bertz CT molecular complexity index is 1190. The van der Waals surface area contributed by atoms with Crippen molar-refractivity contribution in [3.63, 3.8) is 0 Å². The summed E-state index contributed by atoms with van der Waals surface area (Å²) >= 11 is 0. The number of nitrogens with zero attached hydrogens (tertiary/aromatic N) is 2. The number of nitrogens with one attached hydrogen (secondary N) is 5. The maximum Gasteiger partial charge on any atom is 0.328 e. The number of primary amides is 1. The van der Waals surface area contributed by atoms with Gasteiger partial charge in [0, 0.05) is 24.9 Å². The van der Waals surface area contributed by atoms with E-state index in [1.54, 1.807) is 13.8 Å². The monoisotopic (exact) mass is 623 g/mol. The molecular formula is C26H41N9O9. The highest BCUT2D eigenvalue weighted by atomic mass is 16.4. The van der Waals surface area contributed by atoms with Crippen LogP contribution in [0.15, 0.2) is 12.5 Å². The van der Waals surface area contributed by atoms with Gasteiger partial charge in [0.05, 0.1) is 25.9 Å². The molecule has 0 aliphatic carbocycles. The molecule has 44 heavy (non-hydrogen) atoms. The fourth-order valence-electron chi connectivity index (χ4n) is 4.63. The highest BCUT2D eigenvalue weighted by molar-refractivity contribution is 5.97. The topological polar surface area (TPSA) is 292 Å². The zero-order valence-electron chi connectivity index (χ0n) is 24.6. The van der Waals surface area contributed by atoms with Gasteiger partial charge in [-0.25, -0.2) is 9.78 Å². The quantitative estimate of drug-likeness (QED) is 0.0802. The van der Waals surface area contributed by atoms with Gasteiger partial charge in [0.2, 0.25) is 35.4 Å². The lowest BCUT2D eigenvalue weighted by atomic mass is 9.97. The maximum absolute atomic E-state index is 13.6. The van der Waals surface area contributed by atoms with E-state index in [1.807, 2.05) is 5.32 Å². The number of carbonyl (C=O) groups excluding carboxylic acids is 6. The highest BCUT2D eigenvalue weighted by Crippen LogP contribution is 2.19. The van der Waals surface area contributed by atoms with E-state index in [9.17, 15) is 38.7 Å². The number of amides is 6. The van der Waals surface area contributed by atoms with Crippen LogP contribution in [0, 0.1) is 5.92 Å². The van der Waals surface area contributed by atoms with Crippen LogP contribution in [0.2, 0.25) is 0 Å². The Morgan fingerprint density at radius 1 is 1.05 bits per heavy atom. The molecule has 0 aromatic carbocycles. The number of aliphatic carboxylic acids is 1. The average molecular weight is 624 g/mol. The van der Waals surface area contributed by atoms with Gasteiger partial charge in [-0.15, -0.1) is 0 Å². The van der Waals surface area contributed by atoms with Gasteiger partial charge in [0.15, 0.2) is 0 Å². The van der Waals surface area contributed by atoms with Gasteiger partial charge in [-0.2, -0.15) is 0 Å². The first kappa shape index (κ1) is 35.6. The number of carboxylic acid groups (broad SMARTS) is 1. The minimum atomic E-state index is -1.72. The number of hydrogen-bond acceptors (Lipinski definition) is 10. The average Bonchev–Trinajstić information content (AvgIpc) is 3.69. The lowest BCUT2D eigenvalue weighted by Gasteiger charge is -2.30. The number of aromatic nitrogens is 2. The Hall–Kier alpha value is -4.58. The standard InChI is InChI=1S/C26H41N9O9/c1-3-13(2)21(34-24(41)18-5-4-6-35(18)20(38)9-27)25(42)32-15(7-14-10-29-12-30-14)22(39)31-16(8-19(28)37)23(40)33-17(11-36)26(43)44/h10,12-13,15-18,21,36H,3-9,11,27H2,1-2H3,(H2,28,37)(H,29,30)(H,31,39)(H,32,42)(H,33,40)(H,34,41)(H,43,44)/t13-,15-,16-,17-,18-,21-/m0/s1. The van der Waals surface area contributed by atoms with Gasteiger partial charge in [-0.3, -0.25) is 28.8 Å². The summed E-state index contributed by atoms with van der Waals surface area (Å²) in [6.45, 7) is 2.65. The molecule has 244 valence electrons. The summed E-state index contributed by atoms with van der Waals surface area (Å²) in [7, 11) is 0. The second-order valence-corrected chi connectivity index (χ2v) is 10.5. The number of imidazole rings is 1. The van der Waals surface area contributed by atoms with Gasteiger partial charge in [-0.05, 0) is 18.8 Å². The van der Waals surface area contributed by atoms with Crippen molar-refractivity contribution in [2.45, 2.75) is 76.2 Å². The number of aromatic amines is 1. The van der Waals surface area contributed by atoms with Crippen molar-refractivity contribution in [3.05, 3.63) is 18.2 Å². The molecule has 0 bridgehead atoms. The molecule has 18 heteroatoms. The fourth-order valence-corrected chi connectivity index (χ4v) is 4.63. The van der Waals surface area contributed by atoms with Crippen molar-refractivity contribution < 1.29 is 43.8 Å². The lowest BCUT2D eigenvalue weighted by molar-refractivity contribution is -0.143. The van der Waals surface area contributed by atoms with Gasteiger partial charge < -0.3 is 52.8 Å². The summed E-state index contributed by atoms with van der Waals surface area (Å²) in [4.78, 5) is 96.1. The minimum Gasteiger partial charge on any atom is -0.480 e. The zero-order chi connectivity index (χ0) is 33.0.